The first kappa shape index (κ1) is 27.1. The van der Waals surface area contributed by atoms with Crippen molar-refractivity contribution in [2.45, 2.75) is 36.7 Å². The fraction of sp³-hybridized carbons (Fsp3) is 0.241. The zero-order valence-corrected chi connectivity index (χ0v) is 22.6. The van der Waals surface area contributed by atoms with Gasteiger partial charge in [-0.1, -0.05) is 55.3 Å². The maximum Gasteiger partial charge on any atom is 0.321 e. The van der Waals surface area contributed by atoms with Crippen molar-refractivity contribution in [3.05, 3.63) is 90.0 Å². The molecule has 206 valence electrons. The van der Waals surface area contributed by atoms with Gasteiger partial charge in [0.05, 0.1) is 16.3 Å². The number of benzodiazepines with no additional fused rings is 1. The van der Waals surface area contributed by atoms with Gasteiger partial charge in [-0.3, -0.25) is 14.6 Å². The Kier molecular flexibility index (Phi) is 7.65. The van der Waals surface area contributed by atoms with E-state index in [1.165, 1.54) is 35.2 Å². The van der Waals surface area contributed by atoms with Gasteiger partial charge >= 0.3 is 6.03 Å². The van der Waals surface area contributed by atoms with E-state index in [0.29, 0.717) is 0 Å². The number of amides is 4. The summed E-state index contributed by atoms with van der Waals surface area (Å²) in [6.45, 7) is 0. The Labute approximate surface area is 232 Å². The Morgan fingerprint density at radius 3 is 2.38 bits per heavy atom. The number of hydrogen-bond donors (Lipinski definition) is 3. The summed E-state index contributed by atoms with van der Waals surface area (Å²) in [5.41, 5.74) is 2.71. The molecular weight excluding hydrogens is 530 g/mol. The van der Waals surface area contributed by atoms with E-state index >= 15 is 0 Å². The second kappa shape index (κ2) is 11.3. The van der Waals surface area contributed by atoms with Gasteiger partial charge in [0.15, 0.2) is 0 Å². The van der Waals surface area contributed by atoms with Crippen molar-refractivity contribution in [2.24, 2.45) is 10.9 Å². The number of carbonyl (C=O) groups is 3. The molecule has 0 spiro atoms. The molecule has 0 aromatic heterocycles. The number of hydrogen-bond acceptors (Lipinski definition) is 6. The van der Waals surface area contributed by atoms with Crippen LogP contribution in [0.2, 0.25) is 0 Å². The Morgan fingerprint density at radius 2 is 1.62 bits per heavy atom. The molecule has 0 bridgehead atoms. The quantitative estimate of drug-likeness (QED) is 0.421. The second-order valence-electron chi connectivity index (χ2n) is 9.74. The molecule has 1 heterocycles. The summed E-state index contributed by atoms with van der Waals surface area (Å²) in [7, 11) is -2.41. The average Bonchev–Trinajstić information content (AvgIpc) is 3.47. The lowest BCUT2D eigenvalue weighted by Crippen LogP contribution is -2.47. The standard InChI is InChI=1S/C29H29N5O5S/c1-34-24-17-8-7-16-23(24)25(19-10-5-6-11-19)31-26(28(34)36)32-29(37)30-21-13-9-12-20(18-21)27(35)33-40(38,39)22-14-3-2-4-15-22/h2-4,7-9,12-19,26H,5-6,10-11H2,1H3,(H,33,35)(H2,30,32,37)/t26-/m0/s1. The molecule has 10 nitrogen and oxygen atoms in total. The number of rotatable bonds is 6. The fourth-order valence-corrected chi connectivity index (χ4v) is 6.03. The third kappa shape index (κ3) is 5.74. The molecule has 1 fully saturated rings. The van der Waals surface area contributed by atoms with Crippen molar-refractivity contribution in [2.75, 3.05) is 17.3 Å². The molecule has 1 aliphatic carbocycles. The SMILES string of the molecule is CN1C(=O)[C@H](NC(=O)Nc2cccc(C(=O)NS(=O)(=O)c3ccccc3)c2)N=C(C2CCCC2)c2ccccc21. The van der Waals surface area contributed by atoms with Gasteiger partial charge in [-0.2, -0.15) is 0 Å². The first-order valence-electron chi connectivity index (χ1n) is 13.0. The van der Waals surface area contributed by atoms with E-state index < -0.39 is 28.1 Å². The zero-order chi connectivity index (χ0) is 28.3. The summed E-state index contributed by atoms with van der Waals surface area (Å²) in [4.78, 5) is 45.2. The minimum Gasteiger partial charge on any atom is -0.311 e. The summed E-state index contributed by atoms with van der Waals surface area (Å²) in [5.74, 6) is -1.03. The van der Waals surface area contributed by atoms with Crippen molar-refractivity contribution < 1.29 is 22.8 Å². The molecule has 3 aromatic carbocycles. The molecule has 1 saturated carbocycles. The highest BCUT2D eigenvalue weighted by Gasteiger charge is 2.34. The number of para-hydroxylation sites is 1. The van der Waals surface area contributed by atoms with Gasteiger partial charge in [0.25, 0.3) is 21.8 Å². The Bertz CT molecular complexity index is 1580. The third-order valence-electron chi connectivity index (χ3n) is 7.05. The molecule has 1 atom stereocenters. The van der Waals surface area contributed by atoms with Gasteiger partial charge < -0.3 is 15.5 Å². The molecule has 2 aliphatic rings. The molecule has 3 N–H and O–H groups in total. The largest absolute Gasteiger partial charge is 0.321 e. The summed E-state index contributed by atoms with van der Waals surface area (Å²) < 4.78 is 27.1. The van der Waals surface area contributed by atoms with Gasteiger partial charge in [-0.05, 0) is 49.2 Å². The predicted octanol–water partition coefficient (Wildman–Crippen LogP) is 3.91. The van der Waals surface area contributed by atoms with Gasteiger partial charge in [-0.15, -0.1) is 0 Å². The van der Waals surface area contributed by atoms with Gasteiger partial charge in [0.1, 0.15) is 0 Å². The van der Waals surface area contributed by atoms with Crippen molar-refractivity contribution in [3.8, 4) is 0 Å². The molecule has 3 aromatic rings. The number of aliphatic imine (C=N–C) groups is 1. The lowest BCUT2D eigenvalue weighted by atomic mass is 9.94. The predicted molar refractivity (Wildman–Crippen MR) is 152 cm³/mol. The molecule has 0 radical (unpaired) electrons. The summed E-state index contributed by atoms with van der Waals surface area (Å²) in [6, 6.07) is 20.3. The summed E-state index contributed by atoms with van der Waals surface area (Å²) >= 11 is 0. The summed E-state index contributed by atoms with van der Waals surface area (Å²) in [6.07, 6.45) is 2.98. The van der Waals surface area contributed by atoms with Crippen molar-refractivity contribution >= 4 is 45.0 Å². The molecule has 4 amide bonds. The van der Waals surface area contributed by atoms with E-state index in [1.54, 1.807) is 31.3 Å². The zero-order valence-electron chi connectivity index (χ0n) is 21.8. The van der Waals surface area contributed by atoms with Crippen LogP contribution >= 0.6 is 0 Å². The number of carbonyl (C=O) groups excluding carboxylic acids is 3. The normalized spacial score (nSPS) is 17.4. The molecule has 0 saturated heterocycles. The Balaban J connectivity index is 1.32. The van der Waals surface area contributed by atoms with E-state index in [2.05, 4.69) is 10.6 Å². The van der Waals surface area contributed by atoms with Gasteiger partial charge in [-0.25, -0.2) is 17.9 Å². The maximum atomic E-state index is 13.3. The van der Waals surface area contributed by atoms with Crippen LogP contribution in [0, 0.1) is 5.92 Å². The second-order valence-corrected chi connectivity index (χ2v) is 11.4. The number of nitrogens with one attached hydrogen (secondary N) is 3. The fourth-order valence-electron chi connectivity index (χ4n) is 5.04. The number of nitrogens with zero attached hydrogens (tertiary/aromatic N) is 2. The number of urea groups is 1. The van der Waals surface area contributed by atoms with Crippen molar-refractivity contribution in [1.82, 2.24) is 10.0 Å². The number of likely N-dealkylation sites (N-methyl/N-ethyl adjacent to an activating group) is 1. The van der Waals surface area contributed by atoms with Crippen molar-refractivity contribution in [1.29, 1.82) is 0 Å². The van der Waals surface area contributed by atoms with Crippen LogP contribution in [-0.2, 0) is 14.8 Å². The molecular formula is C29H29N5O5S. The van der Waals surface area contributed by atoms with Crippen LogP contribution in [-0.4, -0.2) is 45.2 Å². The lowest BCUT2D eigenvalue weighted by molar-refractivity contribution is -0.119. The van der Waals surface area contributed by atoms with E-state index in [4.69, 9.17) is 4.99 Å². The van der Waals surface area contributed by atoms with Crippen LogP contribution in [0.5, 0.6) is 0 Å². The van der Waals surface area contributed by atoms with E-state index in [9.17, 15) is 22.8 Å². The van der Waals surface area contributed by atoms with E-state index in [0.717, 1.165) is 42.6 Å². The van der Waals surface area contributed by atoms with Crippen LogP contribution in [0.25, 0.3) is 0 Å². The highest BCUT2D eigenvalue weighted by Crippen LogP contribution is 2.34. The number of anilines is 2. The Morgan fingerprint density at radius 1 is 0.925 bits per heavy atom. The van der Waals surface area contributed by atoms with Crippen LogP contribution in [0.4, 0.5) is 16.2 Å². The first-order valence-corrected chi connectivity index (χ1v) is 14.5. The van der Waals surface area contributed by atoms with Crippen LogP contribution in [0.1, 0.15) is 41.6 Å². The third-order valence-corrected chi connectivity index (χ3v) is 8.39. The van der Waals surface area contributed by atoms with Crippen LogP contribution < -0.4 is 20.3 Å². The highest BCUT2D eigenvalue weighted by atomic mass is 32.2. The first-order chi connectivity index (χ1) is 19.2. The molecule has 1 aliphatic heterocycles. The van der Waals surface area contributed by atoms with Crippen LogP contribution in [0.3, 0.4) is 0 Å². The van der Waals surface area contributed by atoms with E-state index in [1.807, 2.05) is 29.0 Å². The number of sulfonamides is 1. The monoisotopic (exact) mass is 559 g/mol. The smallest absolute Gasteiger partial charge is 0.311 e. The topological polar surface area (TPSA) is 137 Å². The molecule has 0 unspecified atom stereocenters. The molecule has 40 heavy (non-hydrogen) atoms. The molecule has 5 rings (SSSR count). The van der Waals surface area contributed by atoms with Crippen LogP contribution in [0.15, 0.2) is 88.8 Å². The number of fused-ring (bicyclic) bond motifs is 1. The van der Waals surface area contributed by atoms with Gasteiger partial charge in [0, 0.05) is 29.8 Å². The summed E-state index contributed by atoms with van der Waals surface area (Å²) in [5, 5.41) is 5.28. The Hall–Kier alpha value is -4.51. The van der Waals surface area contributed by atoms with E-state index in [-0.39, 0.29) is 28.0 Å². The minimum atomic E-state index is -4.07. The average molecular weight is 560 g/mol. The minimum absolute atomic E-state index is 0.0274. The lowest BCUT2D eigenvalue weighted by Gasteiger charge is -2.21. The number of benzene rings is 3. The van der Waals surface area contributed by atoms with Crippen molar-refractivity contribution in [3.63, 3.8) is 0 Å². The maximum absolute atomic E-state index is 13.3. The van der Waals surface area contributed by atoms with Gasteiger partial charge in [0.2, 0.25) is 6.17 Å². The molecule has 11 heteroatoms. The highest BCUT2D eigenvalue weighted by molar-refractivity contribution is 7.90.